The van der Waals surface area contributed by atoms with Crippen molar-refractivity contribution in [3.63, 3.8) is 0 Å². The molecular weight excluding hydrogens is 288 g/mol. The van der Waals surface area contributed by atoms with Crippen molar-refractivity contribution in [1.82, 2.24) is 0 Å². The third kappa shape index (κ3) is 4.22. The zero-order valence-electron chi connectivity index (χ0n) is 10.6. The van der Waals surface area contributed by atoms with Crippen LogP contribution in [0.4, 0.5) is 5.69 Å². The van der Waals surface area contributed by atoms with Gasteiger partial charge in [0.15, 0.2) is 0 Å². The first kappa shape index (κ1) is 15.9. The van der Waals surface area contributed by atoms with Crippen LogP contribution in [0.25, 0.3) is 0 Å². The molecule has 0 aromatic heterocycles. The molecule has 0 saturated heterocycles. The average Bonchev–Trinajstić information content (AvgIpc) is 2.37. The monoisotopic (exact) mass is 300 g/mol. The molecule has 20 heavy (non-hydrogen) atoms. The molecule has 0 aliphatic carbocycles. The first-order chi connectivity index (χ1) is 9.35. The smallest absolute Gasteiger partial charge is 0.339 e. The van der Waals surface area contributed by atoms with Gasteiger partial charge in [0.05, 0.1) is 30.8 Å². The Kier molecular flexibility index (Phi) is 5.48. The fraction of sp³-hybridized carbons (Fsp3) is 0.250. The highest BCUT2D eigenvalue weighted by molar-refractivity contribution is 6.31. The van der Waals surface area contributed by atoms with Gasteiger partial charge in [-0.3, -0.25) is 9.59 Å². The second-order valence-electron chi connectivity index (χ2n) is 3.88. The summed E-state index contributed by atoms with van der Waals surface area (Å²) >= 11 is 5.78. The molecule has 0 heterocycles. The van der Waals surface area contributed by atoms with Crippen LogP contribution in [0.5, 0.6) is 0 Å². The van der Waals surface area contributed by atoms with Crippen molar-refractivity contribution in [2.75, 3.05) is 12.4 Å². The molecular formula is C12H13ClN2O5. The summed E-state index contributed by atoms with van der Waals surface area (Å²) in [5, 5.41) is 11.2. The van der Waals surface area contributed by atoms with Gasteiger partial charge in [-0.15, -0.1) is 0 Å². The van der Waals surface area contributed by atoms with E-state index in [0.29, 0.717) is 5.02 Å². The highest BCUT2D eigenvalue weighted by atomic mass is 35.5. The third-order valence-electron chi connectivity index (χ3n) is 2.38. The molecule has 0 spiro atoms. The lowest BCUT2D eigenvalue weighted by atomic mass is 10.1. The number of esters is 1. The predicted octanol–water partition coefficient (Wildman–Crippen LogP) is 0.867. The SMILES string of the molecule is COC(=O)c1ccc(Cl)cc1NC(=O)C(N)CC(=O)O. The van der Waals surface area contributed by atoms with Crippen molar-refractivity contribution < 1.29 is 24.2 Å². The summed E-state index contributed by atoms with van der Waals surface area (Å²) < 4.78 is 4.56. The highest BCUT2D eigenvalue weighted by Crippen LogP contribution is 2.22. The third-order valence-corrected chi connectivity index (χ3v) is 2.61. The standard InChI is InChI=1S/C12H13ClN2O5/c1-20-12(19)7-3-2-6(13)4-9(7)15-11(18)8(14)5-10(16)17/h2-4,8H,5,14H2,1H3,(H,15,18)(H,16,17). The Balaban J connectivity index is 2.96. The number of benzene rings is 1. The van der Waals surface area contributed by atoms with E-state index in [2.05, 4.69) is 10.1 Å². The number of methoxy groups -OCH3 is 1. The molecule has 108 valence electrons. The number of carboxylic acids is 1. The minimum Gasteiger partial charge on any atom is -0.481 e. The predicted molar refractivity (Wildman–Crippen MR) is 71.6 cm³/mol. The molecule has 1 atom stereocenters. The molecule has 1 aromatic rings. The zero-order chi connectivity index (χ0) is 15.3. The molecule has 7 nitrogen and oxygen atoms in total. The normalized spacial score (nSPS) is 11.6. The summed E-state index contributed by atoms with van der Waals surface area (Å²) in [6, 6.07) is 2.95. The fourth-order valence-electron chi connectivity index (χ4n) is 1.41. The van der Waals surface area contributed by atoms with E-state index in [9.17, 15) is 14.4 Å². The summed E-state index contributed by atoms with van der Waals surface area (Å²) in [5.41, 5.74) is 5.62. The maximum absolute atomic E-state index is 11.7. The molecule has 8 heteroatoms. The van der Waals surface area contributed by atoms with Gasteiger partial charge in [0.2, 0.25) is 5.91 Å². The van der Waals surface area contributed by atoms with Gasteiger partial charge in [-0.2, -0.15) is 0 Å². The summed E-state index contributed by atoms with van der Waals surface area (Å²) in [7, 11) is 1.19. The number of amides is 1. The number of halogens is 1. The molecule has 1 unspecified atom stereocenters. The molecule has 0 fully saturated rings. The quantitative estimate of drug-likeness (QED) is 0.694. The molecule has 0 radical (unpaired) electrons. The van der Waals surface area contributed by atoms with Crippen LogP contribution in [0.3, 0.4) is 0 Å². The Hall–Kier alpha value is -2.12. The van der Waals surface area contributed by atoms with Gasteiger partial charge in [-0.1, -0.05) is 11.6 Å². The van der Waals surface area contributed by atoms with E-state index in [-0.39, 0.29) is 11.3 Å². The molecule has 0 saturated carbocycles. The minimum absolute atomic E-state index is 0.0905. The van der Waals surface area contributed by atoms with Crippen molar-refractivity contribution in [3.8, 4) is 0 Å². The second-order valence-corrected chi connectivity index (χ2v) is 4.31. The van der Waals surface area contributed by atoms with E-state index in [1.54, 1.807) is 0 Å². The lowest BCUT2D eigenvalue weighted by molar-refractivity contribution is -0.138. The van der Waals surface area contributed by atoms with Gasteiger partial charge >= 0.3 is 11.9 Å². The number of hydrogen-bond acceptors (Lipinski definition) is 5. The van der Waals surface area contributed by atoms with Gasteiger partial charge in [-0.05, 0) is 18.2 Å². The number of carbonyl (C=O) groups excluding carboxylic acids is 2. The van der Waals surface area contributed by atoms with E-state index in [1.807, 2.05) is 0 Å². The van der Waals surface area contributed by atoms with Crippen LogP contribution in [0, 0.1) is 0 Å². The fourth-order valence-corrected chi connectivity index (χ4v) is 1.59. The number of carbonyl (C=O) groups is 3. The van der Waals surface area contributed by atoms with Crippen LogP contribution >= 0.6 is 11.6 Å². The second kappa shape index (κ2) is 6.88. The van der Waals surface area contributed by atoms with Crippen LogP contribution in [0.2, 0.25) is 5.02 Å². The van der Waals surface area contributed by atoms with Gasteiger partial charge in [0.1, 0.15) is 0 Å². The van der Waals surface area contributed by atoms with E-state index < -0.39 is 30.3 Å². The molecule has 0 aliphatic heterocycles. The summed E-state index contributed by atoms with van der Waals surface area (Å²) in [4.78, 5) is 33.7. The number of carboxylic acid groups (broad SMARTS) is 1. The van der Waals surface area contributed by atoms with Gasteiger partial charge in [0, 0.05) is 5.02 Å². The van der Waals surface area contributed by atoms with Crippen LogP contribution in [0.1, 0.15) is 16.8 Å². The minimum atomic E-state index is -1.24. The summed E-state index contributed by atoms with van der Waals surface area (Å²) in [6.45, 7) is 0. The lowest BCUT2D eigenvalue weighted by Gasteiger charge is -2.13. The van der Waals surface area contributed by atoms with Gasteiger partial charge < -0.3 is 20.9 Å². The molecule has 1 aromatic carbocycles. The Morgan fingerprint density at radius 1 is 1.45 bits per heavy atom. The van der Waals surface area contributed by atoms with E-state index in [0.717, 1.165) is 0 Å². The van der Waals surface area contributed by atoms with E-state index in [1.165, 1.54) is 25.3 Å². The van der Waals surface area contributed by atoms with Crippen molar-refractivity contribution in [2.45, 2.75) is 12.5 Å². The highest BCUT2D eigenvalue weighted by Gasteiger charge is 2.20. The number of hydrogen-bond donors (Lipinski definition) is 3. The van der Waals surface area contributed by atoms with Crippen LogP contribution in [-0.4, -0.2) is 36.1 Å². The number of anilines is 1. The summed E-state index contributed by atoms with van der Waals surface area (Å²) in [6.07, 6.45) is -0.528. The zero-order valence-corrected chi connectivity index (χ0v) is 11.3. The van der Waals surface area contributed by atoms with Gasteiger partial charge in [-0.25, -0.2) is 4.79 Å². The van der Waals surface area contributed by atoms with Crippen molar-refractivity contribution >= 4 is 35.1 Å². The Labute approximate surface area is 119 Å². The maximum Gasteiger partial charge on any atom is 0.339 e. The summed E-state index contributed by atoms with van der Waals surface area (Å²) in [5.74, 6) is -2.60. The van der Waals surface area contributed by atoms with Crippen molar-refractivity contribution in [3.05, 3.63) is 28.8 Å². The van der Waals surface area contributed by atoms with E-state index >= 15 is 0 Å². The van der Waals surface area contributed by atoms with Crippen LogP contribution < -0.4 is 11.1 Å². The lowest BCUT2D eigenvalue weighted by Crippen LogP contribution is -2.37. The van der Waals surface area contributed by atoms with Crippen molar-refractivity contribution in [1.29, 1.82) is 0 Å². The molecule has 1 amide bonds. The molecule has 4 N–H and O–H groups in total. The Morgan fingerprint density at radius 3 is 2.65 bits per heavy atom. The van der Waals surface area contributed by atoms with E-state index in [4.69, 9.17) is 22.4 Å². The average molecular weight is 301 g/mol. The topological polar surface area (TPSA) is 119 Å². The maximum atomic E-state index is 11.7. The molecule has 0 aliphatic rings. The number of nitrogens with one attached hydrogen (secondary N) is 1. The van der Waals surface area contributed by atoms with Crippen molar-refractivity contribution in [2.24, 2.45) is 5.73 Å². The Bertz CT molecular complexity index is 547. The van der Waals surface area contributed by atoms with Gasteiger partial charge in [0.25, 0.3) is 0 Å². The largest absolute Gasteiger partial charge is 0.481 e. The molecule has 0 bridgehead atoms. The van der Waals surface area contributed by atoms with Crippen LogP contribution in [-0.2, 0) is 14.3 Å². The first-order valence-electron chi connectivity index (χ1n) is 5.51. The number of rotatable bonds is 5. The number of aliphatic carboxylic acids is 1. The number of ether oxygens (including phenoxy) is 1. The first-order valence-corrected chi connectivity index (χ1v) is 5.89. The molecule has 1 rings (SSSR count). The van der Waals surface area contributed by atoms with Crippen LogP contribution in [0.15, 0.2) is 18.2 Å². The number of nitrogens with two attached hydrogens (primary N) is 1. The Morgan fingerprint density at radius 2 is 2.10 bits per heavy atom.